The molecule has 3 saturated carbocycles. The average molecular weight is 336 g/mol. The summed E-state index contributed by atoms with van der Waals surface area (Å²) in [6, 6.07) is 9.50. The van der Waals surface area contributed by atoms with Crippen LogP contribution in [-0.4, -0.2) is 15.8 Å². The molecule has 25 heavy (non-hydrogen) atoms. The molecule has 0 aliphatic heterocycles. The van der Waals surface area contributed by atoms with E-state index in [4.69, 9.17) is 4.74 Å². The molecule has 3 bridgehead atoms. The van der Waals surface area contributed by atoms with Gasteiger partial charge in [0.15, 0.2) is 0 Å². The molecular weight excluding hydrogens is 312 g/mol. The van der Waals surface area contributed by atoms with Crippen LogP contribution in [-0.2, 0) is 0 Å². The second-order valence-electron chi connectivity index (χ2n) is 8.38. The van der Waals surface area contributed by atoms with Crippen molar-refractivity contribution in [2.75, 3.05) is 0 Å². The number of hydrogen-bond acceptors (Lipinski definition) is 3. The molecule has 0 radical (unpaired) electrons. The third-order valence-electron chi connectivity index (χ3n) is 6.65. The summed E-state index contributed by atoms with van der Waals surface area (Å²) in [5, 5.41) is 6.62. The van der Waals surface area contributed by atoms with Crippen molar-refractivity contribution < 1.29 is 4.74 Å². The number of rotatable bonds is 3. The van der Waals surface area contributed by atoms with Crippen LogP contribution in [0.2, 0.25) is 0 Å². The minimum absolute atomic E-state index is 0.0806. The van der Waals surface area contributed by atoms with Crippen molar-refractivity contribution in [3.8, 4) is 17.0 Å². The van der Waals surface area contributed by atoms with Crippen LogP contribution in [0.3, 0.4) is 0 Å². The Morgan fingerprint density at radius 2 is 2.00 bits per heavy atom. The molecule has 3 aliphatic rings. The van der Waals surface area contributed by atoms with Crippen LogP contribution in [0.15, 0.2) is 35.1 Å². The largest absolute Gasteiger partial charge is 0.487 e. The Morgan fingerprint density at radius 3 is 2.80 bits per heavy atom. The van der Waals surface area contributed by atoms with Crippen LogP contribution in [0, 0.1) is 24.7 Å². The summed E-state index contributed by atoms with van der Waals surface area (Å²) >= 11 is 0. The Balaban J connectivity index is 1.42. The van der Waals surface area contributed by atoms with Crippen molar-refractivity contribution in [3.63, 3.8) is 0 Å². The molecule has 1 aromatic heterocycles. The van der Waals surface area contributed by atoms with Crippen LogP contribution in [0.4, 0.5) is 0 Å². The number of ether oxygens (including phenoxy) is 1. The second kappa shape index (κ2) is 5.45. The second-order valence-corrected chi connectivity index (χ2v) is 8.38. The fraction of sp³-hybridized carbons (Fsp3) is 0.524. The maximum atomic E-state index is 11.2. The molecule has 1 aromatic carbocycles. The van der Waals surface area contributed by atoms with Crippen LogP contribution >= 0.6 is 0 Å². The normalized spacial score (nSPS) is 32.8. The predicted octanol–water partition coefficient (Wildman–Crippen LogP) is 4.09. The van der Waals surface area contributed by atoms with Gasteiger partial charge in [-0.25, -0.2) is 5.10 Å². The lowest BCUT2D eigenvalue weighted by atomic mass is 9.71. The van der Waals surface area contributed by atoms with Gasteiger partial charge in [-0.2, -0.15) is 5.10 Å². The summed E-state index contributed by atoms with van der Waals surface area (Å²) in [4.78, 5) is 11.2. The van der Waals surface area contributed by atoms with Gasteiger partial charge in [0.25, 0.3) is 5.56 Å². The van der Waals surface area contributed by atoms with Crippen molar-refractivity contribution in [2.45, 2.75) is 51.0 Å². The number of aromatic amines is 1. The van der Waals surface area contributed by atoms with Gasteiger partial charge < -0.3 is 4.74 Å². The number of aryl methyl sites for hydroxylation is 1. The minimum Gasteiger partial charge on any atom is -0.487 e. The van der Waals surface area contributed by atoms with E-state index in [9.17, 15) is 4.79 Å². The zero-order valence-corrected chi connectivity index (χ0v) is 14.6. The fourth-order valence-electron chi connectivity index (χ4n) is 5.65. The first kappa shape index (κ1) is 15.2. The van der Waals surface area contributed by atoms with E-state index in [1.165, 1.54) is 44.6 Å². The molecule has 2 aromatic rings. The first-order valence-corrected chi connectivity index (χ1v) is 9.46. The van der Waals surface area contributed by atoms with Crippen LogP contribution in [0.5, 0.6) is 5.75 Å². The summed E-state index contributed by atoms with van der Waals surface area (Å²) in [5.74, 6) is 3.68. The third kappa shape index (κ3) is 2.59. The molecule has 5 rings (SSSR count). The fourth-order valence-corrected chi connectivity index (χ4v) is 5.65. The van der Waals surface area contributed by atoms with Crippen molar-refractivity contribution in [3.05, 3.63) is 46.2 Å². The Hall–Kier alpha value is -2.10. The predicted molar refractivity (Wildman–Crippen MR) is 96.6 cm³/mol. The number of nitrogens with one attached hydrogen (secondary N) is 1. The summed E-state index contributed by atoms with van der Waals surface area (Å²) < 4.78 is 6.68. The SMILES string of the molecule is Cc1cc(-c2ccc(=O)[nH]n2)ccc1OC12CC3CCC(C1)C(C3)C2. The Morgan fingerprint density at radius 1 is 1.12 bits per heavy atom. The van der Waals surface area contributed by atoms with Crippen LogP contribution < -0.4 is 10.3 Å². The van der Waals surface area contributed by atoms with Crippen molar-refractivity contribution >= 4 is 0 Å². The highest BCUT2D eigenvalue weighted by Crippen LogP contribution is 2.58. The zero-order chi connectivity index (χ0) is 17.0. The van der Waals surface area contributed by atoms with E-state index in [2.05, 4.69) is 29.3 Å². The van der Waals surface area contributed by atoms with Gasteiger partial charge in [-0.1, -0.05) is 6.42 Å². The van der Waals surface area contributed by atoms with Gasteiger partial charge in [0.05, 0.1) is 5.69 Å². The summed E-state index contributed by atoms with van der Waals surface area (Å²) in [5.41, 5.74) is 2.83. The van der Waals surface area contributed by atoms with Gasteiger partial charge in [-0.3, -0.25) is 4.79 Å². The van der Waals surface area contributed by atoms with E-state index in [-0.39, 0.29) is 11.2 Å². The molecule has 4 heteroatoms. The Kier molecular flexibility index (Phi) is 3.31. The van der Waals surface area contributed by atoms with Gasteiger partial charge in [0.2, 0.25) is 0 Å². The van der Waals surface area contributed by atoms with E-state index < -0.39 is 0 Å². The first-order valence-electron chi connectivity index (χ1n) is 9.46. The average Bonchev–Trinajstić information content (AvgIpc) is 2.76. The molecular formula is C21H24N2O2. The molecule has 3 fully saturated rings. The molecule has 0 saturated heterocycles. The highest BCUT2D eigenvalue weighted by Gasteiger charge is 2.54. The third-order valence-corrected chi connectivity index (χ3v) is 6.65. The van der Waals surface area contributed by atoms with E-state index in [1.807, 2.05) is 6.07 Å². The highest BCUT2D eigenvalue weighted by molar-refractivity contribution is 5.61. The molecule has 0 amide bonds. The lowest BCUT2D eigenvalue weighted by molar-refractivity contribution is 0.0201. The molecule has 4 atom stereocenters. The lowest BCUT2D eigenvalue weighted by Gasteiger charge is -2.40. The lowest BCUT2D eigenvalue weighted by Crippen LogP contribution is -2.38. The molecule has 0 spiro atoms. The molecule has 1 heterocycles. The zero-order valence-electron chi connectivity index (χ0n) is 14.6. The van der Waals surface area contributed by atoms with Crippen molar-refractivity contribution in [1.82, 2.24) is 10.2 Å². The standard InChI is InChI=1S/C21H24N2O2/c1-13-8-15(18-5-7-20(24)23-22-18)4-6-19(13)25-21-10-14-2-3-16(11-21)17(9-14)12-21/h4-8,14,16-17H,2-3,9-12H2,1H3,(H,23,24). The molecule has 4 nitrogen and oxygen atoms in total. The quantitative estimate of drug-likeness (QED) is 0.918. The van der Waals surface area contributed by atoms with E-state index in [1.54, 1.807) is 6.07 Å². The summed E-state index contributed by atoms with van der Waals surface area (Å²) in [7, 11) is 0. The van der Waals surface area contributed by atoms with Crippen molar-refractivity contribution in [1.29, 1.82) is 0 Å². The Bertz CT molecular complexity index is 850. The molecule has 3 aliphatic carbocycles. The van der Waals surface area contributed by atoms with Gasteiger partial charge in [0.1, 0.15) is 11.4 Å². The molecule has 4 unspecified atom stereocenters. The van der Waals surface area contributed by atoms with Gasteiger partial charge in [-0.15, -0.1) is 0 Å². The maximum absolute atomic E-state index is 11.2. The smallest absolute Gasteiger partial charge is 0.264 e. The van der Waals surface area contributed by atoms with E-state index in [0.29, 0.717) is 0 Å². The summed E-state index contributed by atoms with van der Waals surface area (Å²) in [6.45, 7) is 2.10. The van der Waals surface area contributed by atoms with Crippen molar-refractivity contribution in [2.24, 2.45) is 17.8 Å². The number of H-pyrrole nitrogens is 1. The number of hydrogen-bond donors (Lipinski definition) is 1. The van der Waals surface area contributed by atoms with E-state index in [0.717, 1.165) is 40.3 Å². The van der Waals surface area contributed by atoms with Crippen LogP contribution in [0.25, 0.3) is 11.3 Å². The number of aromatic nitrogens is 2. The number of fused-ring (bicyclic) bond motifs is 2. The van der Waals surface area contributed by atoms with E-state index >= 15 is 0 Å². The van der Waals surface area contributed by atoms with Crippen LogP contribution in [0.1, 0.15) is 44.1 Å². The first-order chi connectivity index (χ1) is 12.1. The highest BCUT2D eigenvalue weighted by atomic mass is 16.5. The minimum atomic E-state index is -0.178. The topological polar surface area (TPSA) is 55.0 Å². The van der Waals surface area contributed by atoms with Gasteiger partial charge >= 0.3 is 0 Å². The number of nitrogens with zero attached hydrogens (tertiary/aromatic N) is 1. The van der Waals surface area contributed by atoms with Gasteiger partial charge in [-0.05, 0) is 86.6 Å². The number of benzene rings is 1. The maximum Gasteiger partial charge on any atom is 0.264 e. The van der Waals surface area contributed by atoms with Gasteiger partial charge in [0, 0.05) is 11.6 Å². The monoisotopic (exact) mass is 336 g/mol. The summed E-state index contributed by atoms with van der Waals surface area (Å²) in [6.07, 6.45) is 7.99. The Labute approximate surface area is 147 Å². The molecule has 130 valence electrons. The molecule has 1 N–H and O–H groups in total.